The van der Waals surface area contributed by atoms with Gasteiger partial charge in [-0.25, -0.2) is 9.18 Å². The Kier molecular flexibility index (Phi) is 5.19. The molecule has 0 fully saturated rings. The van der Waals surface area contributed by atoms with Crippen molar-refractivity contribution < 1.29 is 23.5 Å². The van der Waals surface area contributed by atoms with Crippen LogP contribution in [0.1, 0.15) is 26.3 Å². The Labute approximate surface area is 132 Å². The van der Waals surface area contributed by atoms with E-state index in [0.29, 0.717) is 11.8 Å². The standard InChI is InChI=1S/C17H14FNO4/c1-11-2-7-14(18)15(8-11)19-16(21)10-23-17(22)13-5-3-12(9-20)4-6-13/h2-9H,10H2,1H3,(H,19,21). The minimum Gasteiger partial charge on any atom is -0.452 e. The number of benzene rings is 2. The average molecular weight is 315 g/mol. The van der Waals surface area contributed by atoms with Crippen LogP contribution >= 0.6 is 0 Å². The molecule has 0 bridgehead atoms. The third kappa shape index (κ3) is 4.47. The summed E-state index contributed by atoms with van der Waals surface area (Å²) in [5.41, 5.74) is 1.45. The fourth-order valence-electron chi connectivity index (χ4n) is 1.83. The first kappa shape index (κ1) is 16.4. The maximum Gasteiger partial charge on any atom is 0.338 e. The van der Waals surface area contributed by atoms with Crippen LogP contribution < -0.4 is 5.32 Å². The molecular formula is C17H14FNO4. The van der Waals surface area contributed by atoms with Crippen LogP contribution in [0.2, 0.25) is 0 Å². The fraction of sp³-hybridized carbons (Fsp3) is 0.118. The monoisotopic (exact) mass is 315 g/mol. The zero-order valence-corrected chi connectivity index (χ0v) is 12.3. The van der Waals surface area contributed by atoms with Gasteiger partial charge in [0.15, 0.2) is 6.61 Å². The Morgan fingerprint density at radius 1 is 1.17 bits per heavy atom. The summed E-state index contributed by atoms with van der Waals surface area (Å²) in [6.07, 6.45) is 0.652. The fourth-order valence-corrected chi connectivity index (χ4v) is 1.83. The summed E-state index contributed by atoms with van der Waals surface area (Å²) in [6, 6.07) is 10.1. The molecule has 0 saturated heterocycles. The molecule has 0 aliphatic rings. The second kappa shape index (κ2) is 7.31. The largest absolute Gasteiger partial charge is 0.452 e. The quantitative estimate of drug-likeness (QED) is 0.680. The van der Waals surface area contributed by atoms with Crippen molar-refractivity contribution in [2.45, 2.75) is 6.92 Å². The van der Waals surface area contributed by atoms with Gasteiger partial charge in [0, 0.05) is 5.56 Å². The summed E-state index contributed by atoms with van der Waals surface area (Å²) in [6.45, 7) is 1.22. The van der Waals surface area contributed by atoms with E-state index in [9.17, 15) is 18.8 Å². The summed E-state index contributed by atoms with van der Waals surface area (Å²) in [7, 11) is 0. The van der Waals surface area contributed by atoms with Crippen molar-refractivity contribution in [3.63, 3.8) is 0 Å². The second-order valence-electron chi connectivity index (χ2n) is 4.85. The average Bonchev–Trinajstić information content (AvgIpc) is 2.56. The van der Waals surface area contributed by atoms with Gasteiger partial charge in [-0.3, -0.25) is 9.59 Å². The van der Waals surface area contributed by atoms with E-state index in [0.717, 1.165) is 5.56 Å². The number of carbonyl (C=O) groups excluding carboxylic acids is 3. The highest BCUT2D eigenvalue weighted by Gasteiger charge is 2.12. The molecule has 0 spiro atoms. The van der Waals surface area contributed by atoms with Crippen molar-refractivity contribution >= 4 is 23.9 Å². The van der Waals surface area contributed by atoms with E-state index in [-0.39, 0.29) is 11.3 Å². The molecule has 0 atom stereocenters. The van der Waals surface area contributed by atoms with E-state index in [1.54, 1.807) is 13.0 Å². The zero-order valence-electron chi connectivity index (χ0n) is 12.3. The molecule has 1 N–H and O–H groups in total. The Balaban J connectivity index is 1.91. The van der Waals surface area contributed by atoms with E-state index in [1.165, 1.54) is 36.4 Å². The lowest BCUT2D eigenvalue weighted by Gasteiger charge is -2.08. The second-order valence-corrected chi connectivity index (χ2v) is 4.85. The number of nitrogens with one attached hydrogen (secondary N) is 1. The smallest absolute Gasteiger partial charge is 0.338 e. The van der Waals surface area contributed by atoms with Gasteiger partial charge in [0.25, 0.3) is 5.91 Å². The number of amides is 1. The molecule has 1 amide bonds. The van der Waals surface area contributed by atoms with E-state index < -0.39 is 24.3 Å². The van der Waals surface area contributed by atoms with Crippen molar-refractivity contribution in [1.82, 2.24) is 0 Å². The number of ether oxygens (including phenoxy) is 1. The first-order valence-corrected chi connectivity index (χ1v) is 6.78. The molecular weight excluding hydrogens is 301 g/mol. The number of aryl methyl sites for hydroxylation is 1. The first-order chi connectivity index (χ1) is 11.0. The minimum atomic E-state index is -0.706. The van der Waals surface area contributed by atoms with E-state index in [4.69, 9.17) is 4.74 Å². The van der Waals surface area contributed by atoms with Gasteiger partial charge < -0.3 is 10.1 Å². The Morgan fingerprint density at radius 3 is 2.52 bits per heavy atom. The predicted molar refractivity (Wildman–Crippen MR) is 81.9 cm³/mol. The van der Waals surface area contributed by atoms with Gasteiger partial charge in [-0.15, -0.1) is 0 Å². The lowest BCUT2D eigenvalue weighted by Crippen LogP contribution is -2.21. The van der Waals surface area contributed by atoms with Gasteiger partial charge >= 0.3 is 5.97 Å². The van der Waals surface area contributed by atoms with E-state index in [2.05, 4.69) is 5.32 Å². The van der Waals surface area contributed by atoms with Crippen LogP contribution in [-0.4, -0.2) is 24.8 Å². The third-order valence-electron chi connectivity index (χ3n) is 3.01. The molecule has 0 aromatic heterocycles. The highest BCUT2D eigenvalue weighted by Crippen LogP contribution is 2.15. The van der Waals surface area contributed by atoms with Crippen molar-refractivity contribution in [3.05, 3.63) is 65.0 Å². The zero-order chi connectivity index (χ0) is 16.8. The van der Waals surface area contributed by atoms with Crippen molar-refractivity contribution in [3.8, 4) is 0 Å². The van der Waals surface area contributed by atoms with Gasteiger partial charge in [-0.1, -0.05) is 18.2 Å². The minimum absolute atomic E-state index is 0.0291. The van der Waals surface area contributed by atoms with Gasteiger partial charge in [-0.2, -0.15) is 0 Å². The predicted octanol–water partition coefficient (Wildman–Crippen LogP) is 2.74. The van der Waals surface area contributed by atoms with E-state index in [1.807, 2.05) is 0 Å². The van der Waals surface area contributed by atoms with Gasteiger partial charge in [0.1, 0.15) is 12.1 Å². The van der Waals surface area contributed by atoms with Crippen LogP contribution in [0.3, 0.4) is 0 Å². The normalized spacial score (nSPS) is 10.0. The molecule has 0 heterocycles. The summed E-state index contributed by atoms with van der Waals surface area (Å²) in [5, 5.41) is 2.34. The van der Waals surface area contributed by atoms with Crippen LogP contribution in [0, 0.1) is 12.7 Å². The van der Waals surface area contributed by atoms with Gasteiger partial charge in [-0.05, 0) is 36.8 Å². The lowest BCUT2D eigenvalue weighted by molar-refractivity contribution is -0.119. The van der Waals surface area contributed by atoms with Gasteiger partial charge in [0.2, 0.25) is 0 Å². The Bertz CT molecular complexity index is 741. The molecule has 0 aliphatic carbocycles. The van der Waals surface area contributed by atoms with Crippen LogP contribution in [0.4, 0.5) is 10.1 Å². The Hall–Kier alpha value is -3.02. The third-order valence-corrected chi connectivity index (χ3v) is 3.01. The molecule has 2 aromatic carbocycles. The molecule has 2 rings (SSSR count). The molecule has 0 radical (unpaired) electrons. The van der Waals surface area contributed by atoms with Crippen LogP contribution in [-0.2, 0) is 9.53 Å². The highest BCUT2D eigenvalue weighted by molar-refractivity contribution is 5.95. The number of carbonyl (C=O) groups is 3. The SMILES string of the molecule is Cc1ccc(F)c(NC(=O)COC(=O)c2ccc(C=O)cc2)c1. The molecule has 0 unspecified atom stereocenters. The molecule has 0 saturated carbocycles. The van der Waals surface area contributed by atoms with Crippen molar-refractivity contribution in [1.29, 1.82) is 0 Å². The molecule has 23 heavy (non-hydrogen) atoms. The topological polar surface area (TPSA) is 72.5 Å². The van der Waals surface area contributed by atoms with Gasteiger partial charge in [0.05, 0.1) is 11.3 Å². The maximum absolute atomic E-state index is 13.5. The number of halogens is 1. The molecule has 6 heteroatoms. The van der Waals surface area contributed by atoms with Crippen molar-refractivity contribution in [2.24, 2.45) is 0 Å². The number of rotatable bonds is 5. The summed E-state index contributed by atoms with van der Waals surface area (Å²) in [4.78, 5) is 34.0. The number of aldehydes is 1. The number of esters is 1. The van der Waals surface area contributed by atoms with Crippen LogP contribution in [0.25, 0.3) is 0 Å². The number of anilines is 1. The summed E-state index contributed by atoms with van der Waals surface area (Å²) < 4.78 is 18.4. The first-order valence-electron chi connectivity index (χ1n) is 6.78. The molecule has 5 nitrogen and oxygen atoms in total. The lowest BCUT2D eigenvalue weighted by atomic mass is 10.1. The highest BCUT2D eigenvalue weighted by atomic mass is 19.1. The maximum atomic E-state index is 13.5. The number of hydrogen-bond acceptors (Lipinski definition) is 4. The van der Waals surface area contributed by atoms with Crippen LogP contribution in [0.15, 0.2) is 42.5 Å². The molecule has 118 valence electrons. The summed E-state index contributed by atoms with van der Waals surface area (Å²) in [5.74, 6) is -1.92. The molecule has 0 aliphatic heterocycles. The van der Waals surface area contributed by atoms with Crippen molar-refractivity contribution in [2.75, 3.05) is 11.9 Å². The molecule has 2 aromatic rings. The van der Waals surface area contributed by atoms with E-state index >= 15 is 0 Å². The summed E-state index contributed by atoms with van der Waals surface area (Å²) >= 11 is 0. The van der Waals surface area contributed by atoms with Crippen LogP contribution in [0.5, 0.6) is 0 Å². The Morgan fingerprint density at radius 2 is 1.87 bits per heavy atom. The number of hydrogen-bond donors (Lipinski definition) is 1.